The summed E-state index contributed by atoms with van der Waals surface area (Å²) in [5.74, 6) is 1.34. The smallest absolute Gasteiger partial charge is 0.244 e. The second-order valence-electron chi connectivity index (χ2n) is 12.5. The molecule has 2 aromatic rings. The standard InChI is InChI=1S/C31H40N6O3/c1-19-5-3-6-25(20(19)2)34-11-13-35(14-12-34)28(39)18-37-26-16-21-15-23(21)29(26)30(33-37)31(40)24-17-22(8-9-32-24)36-10-4-7-27(36)38/h3,5-6,21-24,32H,4,7-18H2,1-2H3/t21-,22?,23-,24?/m1/s1. The number of ketones is 1. The maximum atomic E-state index is 13.8. The van der Waals surface area contributed by atoms with Gasteiger partial charge in [-0.1, -0.05) is 12.1 Å². The van der Waals surface area contributed by atoms with Crippen LogP contribution in [0.3, 0.4) is 0 Å². The van der Waals surface area contributed by atoms with E-state index in [2.05, 4.69) is 42.3 Å². The van der Waals surface area contributed by atoms with Crippen molar-refractivity contribution >= 4 is 23.3 Å². The summed E-state index contributed by atoms with van der Waals surface area (Å²) in [6, 6.07) is 6.21. The number of hydrogen-bond donors (Lipinski definition) is 1. The van der Waals surface area contributed by atoms with Crippen molar-refractivity contribution in [3.05, 3.63) is 46.3 Å². The van der Waals surface area contributed by atoms with Gasteiger partial charge in [0.25, 0.3) is 0 Å². The minimum atomic E-state index is -0.328. The number of aryl methyl sites for hydroxylation is 1. The van der Waals surface area contributed by atoms with E-state index in [-0.39, 0.29) is 36.2 Å². The normalized spacial score (nSPS) is 27.6. The van der Waals surface area contributed by atoms with Crippen LogP contribution in [0.5, 0.6) is 0 Å². The van der Waals surface area contributed by atoms with Crippen molar-refractivity contribution < 1.29 is 14.4 Å². The number of likely N-dealkylation sites (tertiary alicyclic amines) is 1. The molecule has 2 unspecified atom stereocenters. The maximum absolute atomic E-state index is 13.8. The van der Waals surface area contributed by atoms with E-state index in [1.165, 1.54) is 16.8 Å². The second-order valence-corrected chi connectivity index (χ2v) is 12.5. The minimum absolute atomic E-state index is 0.0356. The van der Waals surface area contributed by atoms with Gasteiger partial charge in [-0.2, -0.15) is 5.10 Å². The Balaban J connectivity index is 1.04. The van der Waals surface area contributed by atoms with Crippen LogP contribution in [0.2, 0.25) is 0 Å². The molecule has 9 nitrogen and oxygen atoms in total. The van der Waals surface area contributed by atoms with Crippen LogP contribution in [0.4, 0.5) is 5.69 Å². The molecule has 1 aromatic carbocycles. The number of carbonyl (C=O) groups is 3. The van der Waals surface area contributed by atoms with Crippen LogP contribution in [-0.4, -0.2) is 88.5 Å². The lowest BCUT2D eigenvalue weighted by Gasteiger charge is -2.37. The number of aromatic nitrogens is 2. The molecule has 1 N–H and O–H groups in total. The quantitative estimate of drug-likeness (QED) is 0.562. The van der Waals surface area contributed by atoms with Crippen LogP contribution in [0.25, 0.3) is 0 Å². The van der Waals surface area contributed by atoms with Crippen molar-refractivity contribution in [2.45, 2.75) is 76.9 Å². The first-order valence-corrected chi connectivity index (χ1v) is 15.1. The molecule has 7 rings (SSSR count). The number of hydrogen-bond acceptors (Lipinski definition) is 6. The first-order chi connectivity index (χ1) is 19.4. The largest absolute Gasteiger partial charge is 0.368 e. The van der Waals surface area contributed by atoms with Crippen LogP contribution >= 0.6 is 0 Å². The van der Waals surface area contributed by atoms with E-state index in [4.69, 9.17) is 5.10 Å². The van der Waals surface area contributed by atoms with Gasteiger partial charge in [-0.15, -0.1) is 0 Å². The van der Waals surface area contributed by atoms with E-state index < -0.39 is 0 Å². The fraction of sp³-hybridized carbons (Fsp3) is 0.613. The molecule has 9 heteroatoms. The number of nitrogens with one attached hydrogen (secondary N) is 1. The Morgan fingerprint density at radius 2 is 1.90 bits per heavy atom. The SMILES string of the molecule is Cc1cccc(N2CCN(C(=O)Cn3nc(C(=O)C4CC(N5CCCC5=O)CCN4)c4c3C[C@H]3C[C@@H]43)CC2)c1C. The number of benzene rings is 1. The number of amides is 2. The van der Waals surface area contributed by atoms with Crippen LogP contribution in [0.1, 0.15) is 70.9 Å². The summed E-state index contributed by atoms with van der Waals surface area (Å²) in [5, 5.41) is 8.24. The lowest BCUT2D eigenvalue weighted by Crippen LogP contribution is -2.51. The topological polar surface area (TPSA) is 90.8 Å². The van der Waals surface area contributed by atoms with E-state index in [0.717, 1.165) is 63.1 Å². The van der Waals surface area contributed by atoms with Gasteiger partial charge in [0, 0.05) is 62.1 Å². The molecule has 4 fully saturated rings. The Morgan fingerprint density at radius 3 is 2.67 bits per heavy atom. The van der Waals surface area contributed by atoms with Crippen LogP contribution in [0, 0.1) is 19.8 Å². The highest BCUT2D eigenvalue weighted by molar-refractivity contribution is 6.00. The van der Waals surface area contributed by atoms with Crippen LogP contribution in [-0.2, 0) is 22.6 Å². The van der Waals surface area contributed by atoms with Gasteiger partial charge in [0.05, 0.1) is 6.04 Å². The third kappa shape index (κ3) is 4.42. The highest BCUT2D eigenvalue weighted by Gasteiger charge is 2.51. The van der Waals surface area contributed by atoms with Gasteiger partial charge in [-0.05, 0) is 81.5 Å². The van der Waals surface area contributed by atoms with Gasteiger partial charge in [0.1, 0.15) is 12.2 Å². The summed E-state index contributed by atoms with van der Waals surface area (Å²) in [6.45, 7) is 9.04. The van der Waals surface area contributed by atoms with Gasteiger partial charge < -0.3 is 20.0 Å². The van der Waals surface area contributed by atoms with Crippen molar-refractivity contribution in [3.8, 4) is 0 Å². The Kier molecular flexibility index (Phi) is 6.45. The Bertz CT molecular complexity index is 1360. The molecule has 1 aromatic heterocycles. The molecule has 3 saturated heterocycles. The first kappa shape index (κ1) is 25.7. The third-order valence-electron chi connectivity index (χ3n) is 10.2. The molecule has 1 saturated carbocycles. The zero-order valence-corrected chi connectivity index (χ0v) is 23.7. The molecule has 0 radical (unpaired) electrons. The molecular weight excluding hydrogens is 504 g/mol. The minimum Gasteiger partial charge on any atom is -0.368 e. The van der Waals surface area contributed by atoms with Crippen LogP contribution < -0.4 is 10.2 Å². The molecule has 2 aliphatic carbocycles. The van der Waals surface area contributed by atoms with E-state index in [9.17, 15) is 14.4 Å². The Morgan fingerprint density at radius 1 is 1.07 bits per heavy atom. The second kappa shape index (κ2) is 10.0. The molecule has 0 bridgehead atoms. The molecule has 4 atom stereocenters. The molecule has 4 heterocycles. The lowest BCUT2D eigenvalue weighted by molar-refractivity contribution is -0.132. The average Bonchev–Trinajstić information content (AvgIpc) is 3.25. The molecule has 40 heavy (non-hydrogen) atoms. The fourth-order valence-electron chi connectivity index (χ4n) is 7.61. The monoisotopic (exact) mass is 544 g/mol. The number of fused-ring (bicyclic) bond motifs is 3. The molecule has 212 valence electrons. The fourth-order valence-corrected chi connectivity index (χ4v) is 7.61. The predicted molar refractivity (Wildman–Crippen MR) is 152 cm³/mol. The highest BCUT2D eigenvalue weighted by atomic mass is 16.2. The van der Waals surface area contributed by atoms with Gasteiger partial charge >= 0.3 is 0 Å². The van der Waals surface area contributed by atoms with Gasteiger partial charge in [0.2, 0.25) is 11.8 Å². The maximum Gasteiger partial charge on any atom is 0.244 e. The summed E-state index contributed by atoms with van der Waals surface area (Å²) < 4.78 is 1.85. The Labute approximate surface area is 235 Å². The van der Waals surface area contributed by atoms with Crippen molar-refractivity contribution in [3.63, 3.8) is 0 Å². The number of piperazine rings is 1. The average molecular weight is 545 g/mol. The summed E-state index contributed by atoms with van der Waals surface area (Å²) in [6.07, 6.45) is 5.10. The number of Topliss-reactive ketones (excluding diaryl/α,β-unsaturated/α-hetero) is 1. The van der Waals surface area contributed by atoms with Gasteiger partial charge in [-0.25, -0.2) is 0 Å². The van der Waals surface area contributed by atoms with E-state index >= 15 is 0 Å². The summed E-state index contributed by atoms with van der Waals surface area (Å²) in [7, 11) is 0. The zero-order valence-electron chi connectivity index (χ0n) is 23.7. The summed E-state index contributed by atoms with van der Waals surface area (Å²) in [4.78, 5) is 45.9. The van der Waals surface area contributed by atoms with Gasteiger partial charge in [-0.3, -0.25) is 19.1 Å². The number of nitrogens with zero attached hydrogens (tertiary/aromatic N) is 5. The first-order valence-electron chi connectivity index (χ1n) is 15.1. The molecule has 0 spiro atoms. The highest BCUT2D eigenvalue weighted by Crippen LogP contribution is 2.57. The number of piperidine rings is 1. The lowest BCUT2D eigenvalue weighted by atomic mass is 9.92. The van der Waals surface area contributed by atoms with Gasteiger partial charge in [0.15, 0.2) is 5.78 Å². The van der Waals surface area contributed by atoms with E-state index in [1.54, 1.807) is 0 Å². The number of anilines is 1. The summed E-state index contributed by atoms with van der Waals surface area (Å²) >= 11 is 0. The number of carbonyl (C=O) groups excluding carboxylic acids is 3. The molecular formula is C31H40N6O3. The number of rotatable bonds is 6. The Hall–Kier alpha value is -3.20. The predicted octanol–water partition coefficient (Wildman–Crippen LogP) is 2.43. The van der Waals surface area contributed by atoms with Crippen molar-refractivity contribution in [2.75, 3.05) is 44.2 Å². The molecule has 2 amide bonds. The zero-order chi connectivity index (χ0) is 27.5. The van der Waals surface area contributed by atoms with Crippen molar-refractivity contribution in [1.82, 2.24) is 24.9 Å². The molecule has 3 aliphatic heterocycles. The van der Waals surface area contributed by atoms with E-state index in [1.807, 2.05) is 14.5 Å². The van der Waals surface area contributed by atoms with Crippen molar-refractivity contribution in [2.24, 2.45) is 5.92 Å². The molecule has 5 aliphatic rings. The third-order valence-corrected chi connectivity index (χ3v) is 10.2. The van der Waals surface area contributed by atoms with Crippen LogP contribution in [0.15, 0.2) is 18.2 Å². The summed E-state index contributed by atoms with van der Waals surface area (Å²) in [5.41, 5.74) is 6.61. The van der Waals surface area contributed by atoms with Crippen molar-refractivity contribution in [1.29, 1.82) is 0 Å². The van der Waals surface area contributed by atoms with E-state index in [0.29, 0.717) is 43.5 Å².